The number of amides is 1. The fourth-order valence-corrected chi connectivity index (χ4v) is 3.35. The van der Waals surface area contributed by atoms with Crippen LogP contribution in [0.1, 0.15) is 30.1 Å². The van der Waals surface area contributed by atoms with E-state index < -0.39 is 11.5 Å². The molecule has 1 aromatic carbocycles. The maximum Gasteiger partial charge on any atom is 0.349 e. The molecule has 1 saturated heterocycles. The van der Waals surface area contributed by atoms with Gasteiger partial charge in [0.15, 0.2) is 0 Å². The van der Waals surface area contributed by atoms with Crippen LogP contribution in [-0.4, -0.2) is 37.0 Å². The van der Waals surface area contributed by atoms with Crippen molar-refractivity contribution in [2.24, 2.45) is 5.92 Å². The van der Waals surface area contributed by atoms with Gasteiger partial charge in [0.25, 0.3) is 5.91 Å². The predicted molar refractivity (Wildman–Crippen MR) is 94.7 cm³/mol. The number of piperidine rings is 1. The largest absolute Gasteiger partial charge is 0.422 e. The topological polar surface area (TPSA) is 62.6 Å². The Kier molecular flexibility index (Phi) is 5.21. The molecule has 1 amide bonds. The van der Waals surface area contributed by atoms with Crippen molar-refractivity contribution in [3.63, 3.8) is 0 Å². The van der Waals surface area contributed by atoms with E-state index in [9.17, 15) is 9.59 Å². The summed E-state index contributed by atoms with van der Waals surface area (Å²) in [6.45, 7) is 5.68. The molecule has 5 nitrogen and oxygen atoms in total. The minimum absolute atomic E-state index is 0.0109. The number of nitrogens with one attached hydrogen (secondary N) is 1. The fraction of sp³-hybridized carbons (Fsp3) is 0.444. The van der Waals surface area contributed by atoms with Crippen LogP contribution in [0.4, 0.5) is 0 Å². The highest BCUT2D eigenvalue weighted by Crippen LogP contribution is 2.19. The summed E-state index contributed by atoms with van der Waals surface area (Å²) >= 11 is 5.95. The van der Waals surface area contributed by atoms with Crippen molar-refractivity contribution < 1.29 is 9.21 Å². The van der Waals surface area contributed by atoms with Crippen molar-refractivity contribution >= 4 is 28.5 Å². The van der Waals surface area contributed by atoms with Gasteiger partial charge in [-0.2, -0.15) is 0 Å². The van der Waals surface area contributed by atoms with E-state index in [2.05, 4.69) is 17.1 Å². The van der Waals surface area contributed by atoms with Gasteiger partial charge in [-0.25, -0.2) is 4.79 Å². The Hall–Kier alpha value is -1.85. The molecule has 1 unspecified atom stereocenters. The van der Waals surface area contributed by atoms with E-state index in [4.69, 9.17) is 16.0 Å². The van der Waals surface area contributed by atoms with Crippen molar-refractivity contribution in [2.75, 3.05) is 26.2 Å². The molecule has 0 bridgehead atoms. The minimum Gasteiger partial charge on any atom is -0.422 e. The van der Waals surface area contributed by atoms with Gasteiger partial charge in [0, 0.05) is 30.0 Å². The number of hydrogen-bond donors (Lipinski definition) is 1. The van der Waals surface area contributed by atoms with Crippen molar-refractivity contribution in [1.82, 2.24) is 10.2 Å². The van der Waals surface area contributed by atoms with Crippen molar-refractivity contribution in [1.29, 1.82) is 0 Å². The quantitative estimate of drug-likeness (QED) is 0.863. The summed E-state index contributed by atoms with van der Waals surface area (Å²) in [5.74, 6) is 0.294. The van der Waals surface area contributed by atoms with Gasteiger partial charge in [0.05, 0.1) is 0 Å². The summed E-state index contributed by atoms with van der Waals surface area (Å²) in [5, 5.41) is 3.97. The van der Waals surface area contributed by atoms with Gasteiger partial charge < -0.3 is 14.6 Å². The Morgan fingerprint density at radius 1 is 1.42 bits per heavy atom. The standard InChI is InChI=1S/C18H21ClN2O3/c1-12-3-2-7-21(11-12)8-6-20-17(22)15-10-13-9-14(19)4-5-16(13)24-18(15)23/h4-5,9-10,12H,2-3,6-8,11H2,1H3,(H,20,22). The summed E-state index contributed by atoms with van der Waals surface area (Å²) in [6, 6.07) is 6.47. The number of carbonyl (C=O) groups is 1. The Morgan fingerprint density at radius 2 is 2.25 bits per heavy atom. The van der Waals surface area contributed by atoms with Gasteiger partial charge in [0.2, 0.25) is 0 Å². The second-order valence-electron chi connectivity index (χ2n) is 6.43. The summed E-state index contributed by atoms with van der Waals surface area (Å²) in [4.78, 5) is 26.6. The van der Waals surface area contributed by atoms with Crippen LogP contribution in [0, 0.1) is 5.92 Å². The maximum absolute atomic E-state index is 12.3. The lowest BCUT2D eigenvalue weighted by atomic mass is 10.0. The molecule has 1 aliphatic heterocycles. The van der Waals surface area contributed by atoms with Crippen LogP contribution >= 0.6 is 11.6 Å². The fourth-order valence-electron chi connectivity index (χ4n) is 3.17. The third-order valence-electron chi connectivity index (χ3n) is 4.39. The highest BCUT2D eigenvalue weighted by Gasteiger charge is 2.17. The zero-order valence-corrected chi connectivity index (χ0v) is 14.4. The normalized spacial score (nSPS) is 18.7. The first-order valence-electron chi connectivity index (χ1n) is 8.27. The zero-order valence-electron chi connectivity index (χ0n) is 13.7. The monoisotopic (exact) mass is 348 g/mol. The van der Waals surface area contributed by atoms with Gasteiger partial charge in [-0.3, -0.25) is 4.79 Å². The summed E-state index contributed by atoms with van der Waals surface area (Å²) < 4.78 is 5.19. The molecule has 6 heteroatoms. The lowest BCUT2D eigenvalue weighted by molar-refractivity contribution is 0.0940. The number of carbonyl (C=O) groups excluding carboxylic acids is 1. The Balaban J connectivity index is 1.65. The Morgan fingerprint density at radius 3 is 3.04 bits per heavy atom. The molecular formula is C18H21ClN2O3. The molecule has 1 atom stereocenters. The molecule has 1 aliphatic rings. The van der Waals surface area contributed by atoms with Crippen LogP contribution in [0.3, 0.4) is 0 Å². The lowest BCUT2D eigenvalue weighted by Gasteiger charge is -2.30. The third kappa shape index (κ3) is 3.97. The van der Waals surface area contributed by atoms with E-state index in [0.717, 1.165) is 19.6 Å². The molecular weight excluding hydrogens is 328 g/mol. The number of rotatable bonds is 4. The molecule has 24 heavy (non-hydrogen) atoms. The number of hydrogen-bond acceptors (Lipinski definition) is 4. The molecule has 0 radical (unpaired) electrons. The van der Waals surface area contributed by atoms with Gasteiger partial charge in [-0.1, -0.05) is 18.5 Å². The van der Waals surface area contributed by atoms with Crippen LogP contribution in [-0.2, 0) is 0 Å². The van der Waals surface area contributed by atoms with E-state index in [0.29, 0.717) is 28.5 Å². The summed E-state index contributed by atoms with van der Waals surface area (Å²) in [7, 11) is 0. The number of nitrogens with zero attached hydrogens (tertiary/aromatic N) is 1. The zero-order chi connectivity index (χ0) is 17.1. The Bertz CT molecular complexity index is 802. The number of likely N-dealkylation sites (tertiary alicyclic amines) is 1. The van der Waals surface area contributed by atoms with E-state index in [1.165, 1.54) is 18.9 Å². The van der Waals surface area contributed by atoms with E-state index >= 15 is 0 Å². The van der Waals surface area contributed by atoms with Gasteiger partial charge in [-0.05, 0) is 49.6 Å². The smallest absolute Gasteiger partial charge is 0.349 e. The molecule has 1 aromatic heterocycles. The molecule has 2 heterocycles. The van der Waals surface area contributed by atoms with Crippen molar-refractivity contribution in [3.05, 3.63) is 45.3 Å². The highest BCUT2D eigenvalue weighted by molar-refractivity contribution is 6.31. The average molecular weight is 349 g/mol. The van der Waals surface area contributed by atoms with Gasteiger partial charge in [0.1, 0.15) is 11.1 Å². The SMILES string of the molecule is CC1CCCN(CCNC(=O)c2cc3cc(Cl)ccc3oc2=O)C1. The Labute approximate surface area is 145 Å². The highest BCUT2D eigenvalue weighted by atomic mass is 35.5. The molecule has 0 saturated carbocycles. The van der Waals surface area contributed by atoms with Crippen LogP contribution < -0.4 is 10.9 Å². The van der Waals surface area contributed by atoms with E-state index in [1.807, 2.05) is 0 Å². The van der Waals surface area contributed by atoms with Crippen molar-refractivity contribution in [2.45, 2.75) is 19.8 Å². The maximum atomic E-state index is 12.3. The van der Waals surface area contributed by atoms with Gasteiger partial charge in [-0.15, -0.1) is 0 Å². The first-order chi connectivity index (χ1) is 11.5. The molecule has 3 rings (SSSR count). The van der Waals surface area contributed by atoms with Crippen LogP contribution in [0.5, 0.6) is 0 Å². The van der Waals surface area contributed by atoms with E-state index in [-0.39, 0.29) is 5.56 Å². The molecule has 1 N–H and O–H groups in total. The summed E-state index contributed by atoms with van der Waals surface area (Å²) in [5.41, 5.74) is -0.200. The van der Waals surface area contributed by atoms with Crippen LogP contribution in [0.25, 0.3) is 11.0 Å². The first-order valence-corrected chi connectivity index (χ1v) is 8.64. The van der Waals surface area contributed by atoms with Crippen LogP contribution in [0.15, 0.2) is 33.5 Å². The van der Waals surface area contributed by atoms with E-state index in [1.54, 1.807) is 18.2 Å². The van der Waals surface area contributed by atoms with Crippen molar-refractivity contribution in [3.8, 4) is 0 Å². The molecule has 2 aromatic rings. The second kappa shape index (κ2) is 7.36. The number of benzene rings is 1. The second-order valence-corrected chi connectivity index (χ2v) is 6.87. The minimum atomic E-state index is -0.631. The number of fused-ring (bicyclic) bond motifs is 1. The average Bonchev–Trinajstić information content (AvgIpc) is 2.54. The summed E-state index contributed by atoms with van der Waals surface area (Å²) in [6.07, 6.45) is 2.47. The number of halogens is 1. The lowest BCUT2D eigenvalue weighted by Crippen LogP contribution is -2.40. The molecule has 0 aliphatic carbocycles. The molecule has 1 fully saturated rings. The predicted octanol–water partition coefficient (Wildman–Crippen LogP) is 2.91. The van der Waals surface area contributed by atoms with Crippen LogP contribution in [0.2, 0.25) is 5.02 Å². The third-order valence-corrected chi connectivity index (χ3v) is 4.63. The first kappa shape index (κ1) is 17.0. The molecule has 0 spiro atoms. The molecule has 128 valence electrons. The van der Waals surface area contributed by atoms with Gasteiger partial charge >= 0.3 is 5.63 Å².